The highest BCUT2D eigenvalue weighted by molar-refractivity contribution is 7.46. The Morgan fingerprint density at radius 3 is 1.93 bits per heavy atom. The van der Waals surface area contributed by atoms with Crippen LogP contribution in [0.2, 0.25) is 0 Å². The van der Waals surface area contributed by atoms with Gasteiger partial charge in [0.25, 0.3) is 0 Å². The minimum atomic E-state index is -1.92. The lowest BCUT2D eigenvalue weighted by molar-refractivity contribution is 0.403. The molecule has 2 N–H and O–H groups in total. The molecule has 0 aromatic heterocycles. The van der Waals surface area contributed by atoms with Crippen molar-refractivity contribution in [3.63, 3.8) is 0 Å². The largest absolute Gasteiger partial charge is 0.349 e. The van der Waals surface area contributed by atoms with E-state index in [1.165, 1.54) is 0 Å². The van der Waals surface area contributed by atoms with Gasteiger partial charge in [-0.15, -0.1) is 0 Å². The van der Waals surface area contributed by atoms with Gasteiger partial charge < -0.3 is 9.79 Å². The first kappa shape index (κ1) is 11.6. The SMILES string of the molecule is CCC(CC)(c1ccccc1)P(O)O. The Labute approximate surface area is 86.5 Å². The van der Waals surface area contributed by atoms with Crippen molar-refractivity contribution in [2.24, 2.45) is 0 Å². The third kappa shape index (κ3) is 1.98. The van der Waals surface area contributed by atoms with Gasteiger partial charge in [0.15, 0.2) is 8.38 Å². The molecule has 3 heteroatoms. The number of benzene rings is 1. The van der Waals surface area contributed by atoms with Gasteiger partial charge >= 0.3 is 0 Å². The average Bonchev–Trinajstić information content (AvgIpc) is 2.22. The summed E-state index contributed by atoms with van der Waals surface area (Å²) in [5.74, 6) is 0. The second-order valence-electron chi connectivity index (χ2n) is 3.39. The van der Waals surface area contributed by atoms with E-state index in [9.17, 15) is 9.79 Å². The predicted molar refractivity (Wildman–Crippen MR) is 60.1 cm³/mol. The first-order chi connectivity index (χ1) is 6.67. The van der Waals surface area contributed by atoms with Crippen molar-refractivity contribution in [2.75, 3.05) is 0 Å². The molecule has 0 bridgehead atoms. The van der Waals surface area contributed by atoms with Crippen LogP contribution in [0, 0.1) is 0 Å². The molecule has 0 radical (unpaired) electrons. The molecule has 78 valence electrons. The molecule has 1 rings (SSSR count). The van der Waals surface area contributed by atoms with Crippen molar-refractivity contribution in [3.05, 3.63) is 35.9 Å². The molecule has 0 atom stereocenters. The second-order valence-corrected chi connectivity index (χ2v) is 4.83. The zero-order valence-corrected chi connectivity index (χ0v) is 9.54. The lowest BCUT2D eigenvalue weighted by Gasteiger charge is -2.32. The van der Waals surface area contributed by atoms with Crippen molar-refractivity contribution < 1.29 is 9.79 Å². The van der Waals surface area contributed by atoms with E-state index in [-0.39, 0.29) is 0 Å². The second kappa shape index (κ2) is 4.88. The van der Waals surface area contributed by atoms with Crippen molar-refractivity contribution >= 4 is 8.38 Å². The van der Waals surface area contributed by atoms with Crippen molar-refractivity contribution in [3.8, 4) is 0 Å². The van der Waals surface area contributed by atoms with Crippen LogP contribution in [-0.4, -0.2) is 9.79 Å². The van der Waals surface area contributed by atoms with E-state index < -0.39 is 13.5 Å². The maximum Gasteiger partial charge on any atom is 0.176 e. The Balaban J connectivity index is 3.11. The molecule has 1 aromatic rings. The van der Waals surface area contributed by atoms with Gasteiger partial charge in [0.05, 0.1) is 5.16 Å². The highest BCUT2D eigenvalue weighted by atomic mass is 31.2. The topological polar surface area (TPSA) is 40.5 Å². The molecule has 1 aromatic carbocycles. The molecule has 0 saturated heterocycles. The van der Waals surface area contributed by atoms with Gasteiger partial charge in [-0.1, -0.05) is 44.2 Å². The van der Waals surface area contributed by atoms with Gasteiger partial charge in [-0.25, -0.2) is 0 Å². The van der Waals surface area contributed by atoms with Crippen LogP contribution in [0.15, 0.2) is 30.3 Å². The van der Waals surface area contributed by atoms with E-state index >= 15 is 0 Å². The van der Waals surface area contributed by atoms with E-state index in [1.807, 2.05) is 44.2 Å². The standard InChI is InChI=1S/C11H17O2P/c1-3-11(4-2,14(12)13)10-8-6-5-7-9-10/h5-9,12-13H,3-4H2,1-2H3. The highest BCUT2D eigenvalue weighted by Crippen LogP contribution is 2.54. The summed E-state index contributed by atoms with van der Waals surface area (Å²) in [6.07, 6.45) is 1.51. The summed E-state index contributed by atoms with van der Waals surface area (Å²) in [6, 6.07) is 9.75. The smallest absolute Gasteiger partial charge is 0.176 e. The first-order valence-electron chi connectivity index (χ1n) is 4.91. The van der Waals surface area contributed by atoms with Gasteiger partial charge in [-0.2, -0.15) is 0 Å². The van der Waals surface area contributed by atoms with Gasteiger partial charge in [0.1, 0.15) is 0 Å². The summed E-state index contributed by atoms with van der Waals surface area (Å²) < 4.78 is 0. The number of rotatable bonds is 4. The van der Waals surface area contributed by atoms with Crippen molar-refractivity contribution in [1.82, 2.24) is 0 Å². The zero-order chi connectivity index (χ0) is 10.6. The summed E-state index contributed by atoms with van der Waals surface area (Å²) in [5.41, 5.74) is 1.03. The van der Waals surface area contributed by atoms with Crippen LogP contribution in [0.5, 0.6) is 0 Å². The Morgan fingerprint density at radius 2 is 1.57 bits per heavy atom. The Kier molecular flexibility index (Phi) is 4.06. The molecule has 2 nitrogen and oxygen atoms in total. The summed E-state index contributed by atoms with van der Waals surface area (Å²) in [4.78, 5) is 19.1. The third-order valence-electron chi connectivity index (χ3n) is 2.86. The van der Waals surface area contributed by atoms with E-state index in [4.69, 9.17) is 0 Å². The lowest BCUT2D eigenvalue weighted by Crippen LogP contribution is -2.21. The molecule has 14 heavy (non-hydrogen) atoms. The Morgan fingerprint density at radius 1 is 1.07 bits per heavy atom. The molecular formula is C11H17O2P. The van der Waals surface area contributed by atoms with Crippen LogP contribution in [0.1, 0.15) is 32.3 Å². The zero-order valence-electron chi connectivity index (χ0n) is 8.64. The quantitative estimate of drug-likeness (QED) is 0.753. The van der Waals surface area contributed by atoms with Crippen LogP contribution in [-0.2, 0) is 5.16 Å². The minimum Gasteiger partial charge on any atom is -0.349 e. The molecule has 0 heterocycles. The van der Waals surface area contributed by atoms with E-state index in [0.29, 0.717) is 0 Å². The average molecular weight is 212 g/mol. The normalized spacial score (nSPS) is 12.1. The van der Waals surface area contributed by atoms with Crippen LogP contribution in [0.3, 0.4) is 0 Å². The number of hydrogen-bond donors (Lipinski definition) is 2. The molecule has 0 saturated carbocycles. The molecule has 0 unspecified atom stereocenters. The van der Waals surface area contributed by atoms with E-state index in [1.54, 1.807) is 0 Å². The fourth-order valence-electron chi connectivity index (χ4n) is 1.80. The van der Waals surface area contributed by atoms with Crippen molar-refractivity contribution in [2.45, 2.75) is 31.8 Å². The monoisotopic (exact) mass is 212 g/mol. The first-order valence-corrected chi connectivity index (χ1v) is 6.15. The van der Waals surface area contributed by atoms with Crippen LogP contribution in [0.25, 0.3) is 0 Å². The maximum atomic E-state index is 9.54. The Bertz CT molecular complexity index is 268. The van der Waals surface area contributed by atoms with Gasteiger partial charge in [-0.05, 0) is 18.4 Å². The molecule has 0 spiro atoms. The van der Waals surface area contributed by atoms with Crippen LogP contribution < -0.4 is 0 Å². The Hall–Kier alpha value is -0.430. The van der Waals surface area contributed by atoms with Crippen LogP contribution >= 0.6 is 8.38 Å². The molecule has 0 aliphatic rings. The summed E-state index contributed by atoms with van der Waals surface area (Å²) >= 11 is 0. The molecule has 0 aliphatic carbocycles. The van der Waals surface area contributed by atoms with Gasteiger partial charge in [0, 0.05) is 0 Å². The predicted octanol–water partition coefficient (Wildman–Crippen LogP) is 3.00. The molecule has 0 aliphatic heterocycles. The number of hydrogen-bond acceptors (Lipinski definition) is 2. The molecular weight excluding hydrogens is 195 g/mol. The third-order valence-corrected chi connectivity index (χ3v) is 4.52. The summed E-state index contributed by atoms with van der Waals surface area (Å²) in [5, 5.41) is -0.448. The highest BCUT2D eigenvalue weighted by Gasteiger charge is 2.36. The maximum absolute atomic E-state index is 9.54. The molecule has 0 amide bonds. The molecule has 0 fully saturated rings. The summed E-state index contributed by atoms with van der Waals surface area (Å²) in [7, 11) is -1.92. The van der Waals surface area contributed by atoms with E-state index in [0.717, 1.165) is 18.4 Å². The minimum absolute atomic E-state index is 0.448. The van der Waals surface area contributed by atoms with E-state index in [2.05, 4.69) is 0 Å². The lowest BCUT2D eigenvalue weighted by atomic mass is 9.93. The fraction of sp³-hybridized carbons (Fsp3) is 0.455. The van der Waals surface area contributed by atoms with Gasteiger partial charge in [-0.3, -0.25) is 0 Å². The van der Waals surface area contributed by atoms with Gasteiger partial charge in [0.2, 0.25) is 0 Å². The van der Waals surface area contributed by atoms with Crippen LogP contribution in [0.4, 0.5) is 0 Å². The fourth-order valence-corrected chi connectivity index (χ4v) is 2.75. The van der Waals surface area contributed by atoms with Crippen molar-refractivity contribution in [1.29, 1.82) is 0 Å². The summed E-state index contributed by atoms with van der Waals surface area (Å²) in [6.45, 7) is 4.00.